The number of benzene rings is 2. The molecule has 8 nitrogen and oxygen atoms in total. The molecule has 8 heteroatoms. The Bertz CT molecular complexity index is 940. The van der Waals surface area contributed by atoms with Gasteiger partial charge in [-0.1, -0.05) is 35.5 Å². The quantitative estimate of drug-likeness (QED) is 0.537. The second-order valence-corrected chi connectivity index (χ2v) is 6.20. The summed E-state index contributed by atoms with van der Waals surface area (Å²) in [7, 11) is 1.28. The van der Waals surface area contributed by atoms with Crippen LogP contribution in [0, 0.1) is 0 Å². The number of nitrogens with zero attached hydrogens (tertiary/aromatic N) is 3. The smallest absolute Gasteiger partial charge is 0.410 e. The third-order valence-electron chi connectivity index (χ3n) is 4.37. The molecule has 3 rings (SSSR count). The maximum Gasteiger partial charge on any atom is 0.410 e. The van der Waals surface area contributed by atoms with E-state index >= 15 is 0 Å². The second-order valence-electron chi connectivity index (χ2n) is 6.20. The van der Waals surface area contributed by atoms with Gasteiger partial charge in [0.25, 0.3) is 5.89 Å². The van der Waals surface area contributed by atoms with Crippen LogP contribution in [-0.2, 0) is 16.1 Å². The summed E-state index contributed by atoms with van der Waals surface area (Å²) in [4.78, 5) is 28.4. The Hall–Kier alpha value is -3.68. The van der Waals surface area contributed by atoms with Crippen LogP contribution in [0.5, 0.6) is 5.75 Å². The minimum Gasteiger partial charge on any atom is -0.485 e. The van der Waals surface area contributed by atoms with E-state index in [0.717, 1.165) is 11.1 Å². The number of methoxy groups -OCH3 is 1. The highest BCUT2D eigenvalue weighted by Gasteiger charge is 2.21. The number of hydrogen-bond donors (Lipinski definition) is 0. The van der Waals surface area contributed by atoms with Crippen LogP contribution in [0.25, 0.3) is 11.5 Å². The van der Waals surface area contributed by atoms with Gasteiger partial charge >= 0.3 is 6.09 Å². The summed E-state index contributed by atoms with van der Waals surface area (Å²) in [6, 6.07) is 16.4. The van der Waals surface area contributed by atoms with Crippen LogP contribution in [0.3, 0.4) is 0 Å². The van der Waals surface area contributed by atoms with Gasteiger partial charge in [-0.3, -0.25) is 4.90 Å². The Morgan fingerprint density at radius 2 is 1.90 bits per heavy atom. The number of hydrogen-bond acceptors (Lipinski definition) is 7. The molecule has 1 aromatic heterocycles. The lowest BCUT2D eigenvalue weighted by molar-refractivity contribution is -0.109. The summed E-state index contributed by atoms with van der Waals surface area (Å²) < 4.78 is 15.7. The van der Waals surface area contributed by atoms with Crippen molar-refractivity contribution in [1.29, 1.82) is 0 Å². The van der Waals surface area contributed by atoms with E-state index in [9.17, 15) is 9.59 Å². The first-order valence-electron chi connectivity index (χ1n) is 9.01. The van der Waals surface area contributed by atoms with Crippen LogP contribution < -0.4 is 4.74 Å². The van der Waals surface area contributed by atoms with Crippen LogP contribution in [0.4, 0.5) is 4.79 Å². The molecular formula is C21H21N3O5. The average Bonchev–Trinajstić information content (AvgIpc) is 3.25. The Labute approximate surface area is 168 Å². The van der Waals surface area contributed by atoms with Crippen molar-refractivity contribution in [2.24, 2.45) is 0 Å². The van der Waals surface area contributed by atoms with Crippen LogP contribution in [0.2, 0.25) is 0 Å². The van der Waals surface area contributed by atoms with Gasteiger partial charge < -0.3 is 18.8 Å². The number of amides is 1. The van der Waals surface area contributed by atoms with Gasteiger partial charge in [0.05, 0.1) is 19.7 Å². The molecule has 0 spiro atoms. The van der Waals surface area contributed by atoms with Crippen molar-refractivity contribution in [3.8, 4) is 17.2 Å². The topological polar surface area (TPSA) is 94.8 Å². The SMILES string of the molecule is COC(=O)N(CC=O)[C@@H](C)c1ccc(OCc2noc(-c3ccccc3)n2)cc1. The van der Waals surface area contributed by atoms with Gasteiger partial charge in [0, 0.05) is 5.56 Å². The van der Waals surface area contributed by atoms with Gasteiger partial charge in [-0.05, 0) is 36.8 Å². The molecule has 0 radical (unpaired) electrons. The number of carbonyl (C=O) groups excluding carboxylic acids is 2. The highest BCUT2D eigenvalue weighted by Crippen LogP contribution is 2.24. The molecule has 0 saturated heterocycles. The molecule has 0 bridgehead atoms. The molecular weight excluding hydrogens is 374 g/mol. The van der Waals surface area contributed by atoms with Gasteiger partial charge in [-0.25, -0.2) is 4.79 Å². The summed E-state index contributed by atoms with van der Waals surface area (Å²) in [6.07, 6.45) is 0.107. The Morgan fingerprint density at radius 3 is 2.55 bits per heavy atom. The number of aromatic nitrogens is 2. The zero-order chi connectivity index (χ0) is 20.6. The Morgan fingerprint density at radius 1 is 1.17 bits per heavy atom. The third kappa shape index (κ3) is 4.98. The molecule has 0 aliphatic heterocycles. The number of aldehydes is 1. The van der Waals surface area contributed by atoms with Crippen LogP contribution in [0.15, 0.2) is 59.1 Å². The lowest BCUT2D eigenvalue weighted by Gasteiger charge is -2.26. The normalized spacial score (nSPS) is 11.5. The first-order valence-corrected chi connectivity index (χ1v) is 9.01. The van der Waals surface area contributed by atoms with Crippen molar-refractivity contribution in [3.63, 3.8) is 0 Å². The van der Waals surface area contributed by atoms with Crippen molar-refractivity contribution in [1.82, 2.24) is 15.0 Å². The summed E-state index contributed by atoms with van der Waals surface area (Å²) in [5.41, 5.74) is 1.69. The highest BCUT2D eigenvalue weighted by atomic mass is 16.5. The molecule has 1 atom stereocenters. The molecule has 0 aliphatic rings. The molecule has 150 valence electrons. The molecule has 0 saturated carbocycles. The van der Waals surface area contributed by atoms with E-state index in [1.807, 2.05) is 49.4 Å². The van der Waals surface area contributed by atoms with Gasteiger partial charge in [0.1, 0.15) is 12.0 Å². The van der Waals surface area contributed by atoms with Crippen molar-refractivity contribution >= 4 is 12.4 Å². The minimum absolute atomic E-state index is 0.0479. The summed E-state index contributed by atoms with van der Waals surface area (Å²) in [5, 5.41) is 3.92. The Kier molecular flexibility index (Phi) is 6.57. The predicted molar refractivity (Wildman–Crippen MR) is 104 cm³/mol. The fraction of sp³-hybridized carbons (Fsp3) is 0.238. The number of carbonyl (C=O) groups is 2. The molecule has 29 heavy (non-hydrogen) atoms. The van der Waals surface area contributed by atoms with Gasteiger partial charge in [-0.15, -0.1) is 0 Å². The largest absolute Gasteiger partial charge is 0.485 e. The fourth-order valence-electron chi connectivity index (χ4n) is 2.77. The van der Waals surface area contributed by atoms with E-state index in [4.69, 9.17) is 14.0 Å². The van der Waals surface area contributed by atoms with Crippen LogP contribution in [0.1, 0.15) is 24.4 Å². The Balaban J connectivity index is 1.61. The van der Waals surface area contributed by atoms with E-state index in [0.29, 0.717) is 23.8 Å². The molecule has 0 unspecified atom stereocenters. The van der Waals surface area contributed by atoms with E-state index in [2.05, 4.69) is 10.1 Å². The van der Waals surface area contributed by atoms with Crippen molar-refractivity contribution < 1.29 is 23.6 Å². The lowest BCUT2D eigenvalue weighted by atomic mass is 10.1. The molecule has 0 N–H and O–H groups in total. The molecule has 0 aliphatic carbocycles. The predicted octanol–water partition coefficient (Wildman–Crippen LogP) is 3.64. The molecule has 0 fully saturated rings. The maximum absolute atomic E-state index is 11.8. The summed E-state index contributed by atoms with van der Waals surface area (Å²) >= 11 is 0. The van der Waals surface area contributed by atoms with E-state index in [-0.39, 0.29) is 19.2 Å². The first kappa shape index (κ1) is 20.1. The standard InChI is InChI=1S/C21H21N3O5/c1-15(24(12-13-25)21(26)27-2)16-8-10-18(11-9-16)28-14-19-22-20(29-23-19)17-6-4-3-5-7-17/h3-11,13,15H,12,14H2,1-2H3/t15-/m0/s1. The van der Waals surface area contributed by atoms with Crippen molar-refractivity contribution in [2.75, 3.05) is 13.7 Å². The van der Waals surface area contributed by atoms with Gasteiger partial charge in [-0.2, -0.15) is 4.98 Å². The van der Waals surface area contributed by atoms with Crippen molar-refractivity contribution in [2.45, 2.75) is 19.6 Å². The zero-order valence-corrected chi connectivity index (χ0v) is 16.1. The summed E-state index contributed by atoms with van der Waals surface area (Å²) in [6.45, 7) is 1.93. The monoisotopic (exact) mass is 395 g/mol. The molecule has 1 amide bonds. The average molecular weight is 395 g/mol. The van der Waals surface area contributed by atoms with E-state index in [1.165, 1.54) is 12.0 Å². The van der Waals surface area contributed by atoms with Crippen LogP contribution >= 0.6 is 0 Å². The fourth-order valence-corrected chi connectivity index (χ4v) is 2.77. The van der Waals surface area contributed by atoms with Crippen LogP contribution in [-0.4, -0.2) is 41.1 Å². The van der Waals surface area contributed by atoms with Gasteiger partial charge in [0.15, 0.2) is 6.61 Å². The maximum atomic E-state index is 11.8. The highest BCUT2D eigenvalue weighted by molar-refractivity contribution is 5.71. The van der Waals surface area contributed by atoms with E-state index < -0.39 is 6.09 Å². The lowest BCUT2D eigenvalue weighted by Crippen LogP contribution is -2.34. The molecule has 2 aromatic carbocycles. The zero-order valence-electron chi connectivity index (χ0n) is 16.1. The van der Waals surface area contributed by atoms with Crippen molar-refractivity contribution in [3.05, 3.63) is 66.0 Å². The second kappa shape index (κ2) is 9.50. The molecule has 1 heterocycles. The molecule has 3 aromatic rings. The summed E-state index contributed by atoms with van der Waals surface area (Å²) in [5.74, 6) is 1.49. The number of rotatable bonds is 8. The number of ether oxygens (including phenoxy) is 2. The minimum atomic E-state index is -0.559. The first-order chi connectivity index (χ1) is 14.1. The third-order valence-corrected chi connectivity index (χ3v) is 4.37. The van der Waals surface area contributed by atoms with Gasteiger partial charge in [0.2, 0.25) is 5.82 Å². The van der Waals surface area contributed by atoms with E-state index in [1.54, 1.807) is 12.1 Å².